The van der Waals surface area contributed by atoms with Crippen molar-refractivity contribution in [3.8, 4) is 0 Å². The Morgan fingerprint density at radius 3 is 2.36 bits per heavy atom. The lowest BCUT2D eigenvalue weighted by Gasteiger charge is -2.16. The van der Waals surface area contributed by atoms with Crippen molar-refractivity contribution in [3.63, 3.8) is 0 Å². The van der Waals surface area contributed by atoms with Crippen LogP contribution in [0.4, 0.5) is 0 Å². The quantitative estimate of drug-likeness (QED) is 0.582. The molecule has 1 aromatic heterocycles. The summed E-state index contributed by atoms with van der Waals surface area (Å²) in [6.07, 6.45) is 0.904. The molecule has 0 saturated heterocycles. The molecule has 0 aliphatic heterocycles. The number of nitrogens with zero attached hydrogens (tertiary/aromatic N) is 1. The molecule has 0 radical (unpaired) electrons. The van der Waals surface area contributed by atoms with Gasteiger partial charge in [0.25, 0.3) is 0 Å². The van der Waals surface area contributed by atoms with E-state index >= 15 is 0 Å². The molecular weight excluding hydrogens is 194 g/mol. The van der Waals surface area contributed by atoms with Gasteiger partial charge in [-0.2, -0.15) is 0 Å². The lowest BCUT2D eigenvalue weighted by atomic mass is 9.91. The molecule has 14 heavy (non-hydrogen) atoms. The van der Waals surface area contributed by atoms with E-state index in [-0.39, 0.29) is 11.3 Å². The minimum absolute atomic E-state index is 0.0368. The summed E-state index contributed by atoms with van der Waals surface area (Å²) < 4.78 is 0. The van der Waals surface area contributed by atoms with E-state index in [9.17, 15) is 0 Å². The van der Waals surface area contributed by atoms with Crippen molar-refractivity contribution in [3.05, 3.63) is 15.6 Å². The molecule has 0 saturated carbocycles. The Morgan fingerprint density at radius 2 is 2.07 bits per heavy atom. The van der Waals surface area contributed by atoms with Crippen molar-refractivity contribution < 1.29 is 0 Å². The fourth-order valence-corrected chi connectivity index (χ4v) is 2.28. The van der Waals surface area contributed by atoms with Crippen LogP contribution in [0.25, 0.3) is 0 Å². The number of aryl methyl sites for hydroxylation is 1. The molecule has 0 bridgehead atoms. The molecular formula is C10H17N3S. The van der Waals surface area contributed by atoms with Gasteiger partial charge in [-0.3, -0.25) is 5.41 Å². The highest BCUT2D eigenvalue weighted by molar-refractivity contribution is 7.13. The number of hydrogen-bond acceptors (Lipinski definition) is 3. The van der Waals surface area contributed by atoms with E-state index in [4.69, 9.17) is 11.1 Å². The second-order valence-electron chi connectivity index (χ2n) is 4.30. The Bertz CT molecular complexity index is 347. The molecule has 1 aromatic rings. The molecule has 3 nitrogen and oxygen atoms in total. The van der Waals surface area contributed by atoms with Crippen LogP contribution in [-0.2, 0) is 11.8 Å². The molecule has 1 rings (SSSR count). The SMILES string of the molecule is CCc1nc(C(C)(C)C)c(C(=N)N)s1. The zero-order valence-electron chi connectivity index (χ0n) is 9.14. The summed E-state index contributed by atoms with van der Waals surface area (Å²) in [7, 11) is 0. The van der Waals surface area contributed by atoms with Crippen molar-refractivity contribution >= 4 is 17.2 Å². The number of amidine groups is 1. The summed E-state index contributed by atoms with van der Waals surface area (Å²) in [6.45, 7) is 8.34. The fraction of sp³-hybridized carbons (Fsp3) is 0.600. The second-order valence-corrected chi connectivity index (χ2v) is 5.39. The van der Waals surface area contributed by atoms with E-state index in [2.05, 4.69) is 32.7 Å². The van der Waals surface area contributed by atoms with Gasteiger partial charge in [-0.05, 0) is 6.42 Å². The van der Waals surface area contributed by atoms with Crippen LogP contribution in [0.3, 0.4) is 0 Å². The summed E-state index contributed by atoms with van der Waals surface area (Å²) in [5, 5.41) is 8.55. The first kappa shape index (κ1) is 11.2. The maximum Gasteiger partial charge on any atom is 0.135 e. The highest BCUT2D eigenvalue weighted by atomic mass is 32.1. The Labute approximate surface area is 88.9 Å². The summed E-state index contributed by atoms with van der Waals surface area (Å²) >= 11 is 1.53. The molecule has 0 atom stereocenters. The van der Waals surface area contributed by atoms with E-state index in [0.717, 1.165) is 22.0 Å². The molecule has 78 valence electrons. The summed E-state index contributed by atoms with van der Waals surface area (Å²) in [6, 6.07) is 0. The van der Waals surface area contributed by atoms with Crippen molar-refractivity contribution in [1.29, 1.82) is 5.41 Å². The van der Waals surface area contributed by atoms with Crippen LogP contribution in [0.1, 0.15) is 43.3 Å². The summed E-state index contributed by atoms with van der Waals surface area (Å²) in [4.78, 5) is 5.35. The number of nitrogen functional groups attached to an aromatic ring is 1. The van der Waals surface area contributed by atoms with Gasteiger partial charge in [0.1, 0.15) is 5.84 Å². The Hall–Kier alpha value is -0.900. The zero-order valence-corrected chi connectivity index (χ0v) is 9.96. The van der Waals surface area contributed by atoms with Gasteiger partial charge in [0.2, 0.25) is 0 Å². The first-order valence-corrected chi connectivity index (χ1v) is 5.52. The minimum Gasteiger partial charge on any atom is -0.383 e. The van der Waals surface area contributed by atoms with Crippen molar-refractivity contribution in [2.75, 3.05) is 0 Å². The molecule has 1 heterocycles. The third-order valence-corrected chi connectivity index (χ3v) is 3.16. The van der Waals surface area contributed by atoms with Crippen molar-refractivity contribution in [2.45, 2.75) is 39.5 Å². The number of thiazole rings is 1. The van der Waals surface area contributed by atoms with Gasteiger partial charge in [0, 0.05) is 5.41 Å². The predicted octanol–water partition coefficient (Wildman–Crippen LogP) is 2.29. The van der Waals surface area contributed by atoms with Gasteiger partial charge in [0.15, 0.2) is 0 Å². The Morgan fingerprint density at radius 1 is 1.50 bits per heavy atom. The number of aromatic nitrogens is 1. The van der Waals surface area contributed by atoms with Gasteiger partial charge in [-0.1, -0.05) is 27.7 Å². The maximum absolute atomic E-state index is 7.49. The largest absolute Gasteiger partial charge is 0.383 e. The van der Waals surface area contributed by atoms with E-state index in [1.807, 2.05) is 0 Å². The molecule has 3 N–H and O–H groups in total. The van der Waals surface area contributed by atoms with Crippen LogP contribution in [0.15, 0.2) is 0 Å². The van der Waals surface area contributed by atoms with Gasteiger partial charge in [-0.15, -0.1) is 11.3 Å². The van der Waals surface area contributed by atoms with Crippen LogP contribution in [0.2, 0.25) is 0 Å². The molecule has 0 spiro atoms. The third kappa shape index (κ3) is 2.12. The molecule has 0 aliphatic carbocycles. The number of rotatable bonds is 2. The van der Waals surface area contributed by atoms with Crippen LogP contribution >= 0.6 is 11.3 Å². The Balaban J connectivity index is 3.26. The number of hydrogen-bond donors (Lipinski definition) is 2. The molecule has 0 fully saturated rings. The number of nitrogens with two attached hydrogens (primary N) is 1. The third-order valence-electron chi connectivity index (χ3n) is 1.93. The van der Waals surface area contributed by atoms with E-state index in [1.165, 1.54) is 11.3 Å². The van der Waals surface area contributed by atoms with E-state index in [0.29, 0.717) is 0 Å². The smallest absolute Gasteiger partial charge is 0.135 e. The zero-order chi connectivity index (χ0) is 10.9. The first-order chi connectivity index (χ1) is 6.36. The van der Waals surface area contributed by atoms with Crippen LogP contribution in [-0.4, -0.2) is 10.8 Å². The first-order valence-electron chi connectivity index (χ1n) is 4.70. The van der Waals surface area contributed by atoms with Gasteiger partial charge < -0.3 is 5.73 Å². The van der Waals surface area contributed by atoms with Crippen LogP contribution in [0, 0.1) is 5.41 Å². The summed E-state index contributed by atoms with van der Waals surface area (Å²) in [5.74, 6) is 0.132. The van der Waals surface area contributed by atoms with Gasteiger partial charge in [0.05, 0.1) is 15.6 Å². The van der Waals surface area contributed by atoms with Crippen LogP contribution in [0.5, 0.6) is 0 Å². The highest BCUT2D eigenvalue weighted by Crippen LogP contribution is 2.29. The predicted molar refractivity (Wildman–Crippen MR) is 61.2 cm³/mol. The molecule has 4 heteroatoms. The van der Waals surface area contributed by atoms with E-state index in [1.54, 1.807) is 0 Å². The lowest BCUT2D eigenvalue weighted by molar-refractivity contribution is 0.570. The highest BCUT2D eigenvalue weighted by Gasteiger charge is 2.23. The van der Waals surface area contributed by atoms with Gasteiger partial charge in [-0.25, -0.2) is 4.98 Å². The monoisotopic (exact) mass is 211 g/mol. The molecule has 0 amide bonds. The molecule has 0 aromatic carbocycles. The minimum atomic E-state index is -0.0368. The summed E-state index contributed by atoms with van der Waals surface area (Å²) in [5.41, 5.74) is 6.45. The maximum atomic E-state index is 7.49. The van der Waals surface area contributed by atoms with Crippen LogP contribution < -0.4 is 5.73 Å². The average Bonchev–Trinajstić information content (AvgIpc) is 2.46. The molecule has 0 aliphatic rings. The normalized spacial score (nSPS) is 11.7. The second kappa shape index (κ2) is 3.69. The number of nitrogens with one attached hydrogen (secondary N) is 1. The topological polar surface area (TPSA) is 62.8 Å². The average molecular weight is 211 g/mol. The molecule has 0 unspecified atom stereocenters. The van der Waals surface area contributed by atoms with E-state index < -0.39 is 0 Å². The fourth-order valence-electron chi connectivity index (χ4n) is 1.21. The van der Waals surface area contributed by atoms with Crippen molar-refractivity contribution in [1.82, 2.24) is 4.98 Å². The van der Waals surface area contributed by atoms with Crippen molar-refractivity contribution in [2.24, 2.45) is 5.73 Å². The Kier molecular flexibility index (Phi) is 2.95. The van der Waals surface area contributed by atoms with Gasteiger partial charge >= 0.3 is 0 Å². The lowest BCUT2D eigenvalue weighted by Crippen LogP contribution is -2.19. The standard InChI is InChI=1S/C10H17N3S/c1-5-6-13-8(10(2,3)4)7(14-6)9(11)12/h5H2,1-4H3,(H3,11,12).